The van der Waals surface area contributed by atoms with Crippen LogP contribution >= 0.6 is 0 Å². The van der Waals surface area contributed by atoms with Crippen LogP contribution in [-0.2, 0) is 21.5 Å². The van der Waals surface area contributed by atoms with Crippen LogP contribution in [0.4, 0.5) is 4.39 Å². The number of benzene rings is 2. The van der Waals surface area contributed by atoms with E-state index in [9.17, 15) is 14.0 Å². The Bertz CT molecular complexity index is 773. The molecule has 2 amide bonds. The summed E-state index contributed by atoms with van der Waals surface area (Å²) in [4.78, 5) is 24.6. The van der Waals surface area contributed by atoms with Crippen LogP contribution in [0.15, 0.2) is 54.6 Å². The summed E-state index contributed by atoms with van der Waals surface area (Å²) in [5.41, 5.74) is 1.10. The maximum absolute atomic E-state index is 13.5. The van der Waals surface area contributed by atoms with E-state index in [-0.39, 0.29) is 30.6 Å². The van der Waals surface area contributed by atoms with Crippen molar-refractivity contribution in [3.63, 3.8) is 0 Å². The van der Waals surface area contributed by atoms with Crippen molar-refractivity contribution < 1.29 is 14.0 Å². The van der Waals surface area contributed by atoms with Crippen molar-refractivity contribution in [2.24, 2.45) is 0 Å². The van der Waals surface area contributed by atoms with Crippen molar-refractivity contribution in [3.8, 4) is 0 Å². The summed E-state index contributed by atoms with van der Waals surface area (Å²) >= 11 is 0. The van der Waals surface area contributed by atoms with Crippen LogP contribution in [0.5, 0.6) is 0 Å². The highest BCUT2D eigenvalue weighted by atomic mass is 19.1. The van der Waals surface area contributed by atoms with Crippen molar-refractivity contribution in [3.05, 3.63) is 71.5 Å². The first kappa shape index (κ1) is 18.1. The number of nitrogens with one attached hydrogen (secondary N) is 2. The summed E-state index contributed by atoms with van der Waals surface area (Å²) in [6.45, 7) is 0.747. The van der Waals surface area contributed by atoms with Gasteiger partial charge in [-0.25, -0.2) is 4.39 Å². The van der Waals surface area contributed by atoms with Gasteiger partial charge in [-0.1, -0.05) is 48.9 Å². The van der Waals surface area contributed by atoms with Gasteiger partial charge in [-0.2, -0.15) is 0 Å². The van der Waals surface area contributed by atoms with Gasteiger partial charge in [0.15, 0.2) is 0 Å². The fraction of sp³-hybridized carbons (Fsp3) is 0.333. The van der Waals surface area contributed by atoms with E-state index in [2.05, 4.69) is 10.6 Å². The maximum Gasteiger partial charge on any atom is 0.230 e. The van der Waals surface area contributed by atoms with Crippen LogP contribution in [0.25, 0.3) is 0 Å². The number of rotatable bonds is 7. The Hall–Kier alpha value is -2.69. The van der Waals surface area contributed by atoms with E-state index in [1.807, 2.05) is 30.3 Å². The highest BCUT2D eigenvalue weighted by Crippen LogP contribution is 2.44. The number of halogens is 1. The smallest absolute Gasteiger partial charge is 0.230 e. The monoisotopic (exact) mass is 354 g/mol. The number of hydrogen-bond acceptors (Lipinski definition) is 2. The van der Waals surface area contributed by atoms with Gasteiger partial charge in [0.2, 0.25) is 11.8 Å². The molecule has 1 aliphatic carbocycles. The number of amides is 2. The summed E-state index contributed by atoms with van der Waals surface area (Å²) in [6, 6.07) is 15.9. The average molecular weight is 354 g/mol. The van der Waals surface area contributed by atoms with Gasteiger partial charge in [0.25, 0.3) is 0 Å². The zero-order valence-corrected chi connectivity index (χ0v) is 14.6. The highest BCUT2D eigenvalue weighted by molar-refractivity contribution is 5.89. The number of hydrogen-bond donors (Lipinski definition) is 2. The molecule has 0 aromatic heterocycles. The van der Waals surface area contributed by atoms with Gasteiger partial charge in [-0.05, 0) is 36.1 Å². The Morgan fingerprint density at radius 1 is 1.00 bits per heavy atom. The molecule has 2 aromatic carbocycles. The minimum atomic E-state index is -0.650. The van der Waals surface area contributed by atoms with Crippen LogP contribution in [0.3, 0.4) is 0 Å². The molecule has 1 fully saturated rings. The lowest BCUT2D eigenvalue weighted by molar-refractivity contribution is -0.130. The summed E-state index contributed by atoms with van der Waals surface area (Å²) in [7, 11) is 0. The molecule has 2 N–H and O–H groups in total. The fourth-order valence-corrected chi connectivity index (χ4v) is 3.31. The topological polar surface area (TPSA) is 58.2 Å². The molecule has 1 aliphatic rings. The molecule has 1 saturated carbocycles. The quantitative estimate of drug-likeness (QED) is 0.803. The zero-order chi connectivity index (χ0) is 18.4. The second-order valence-electron chi connectivity index (χ2n) is 6.71. The van der Waals surface area contributed by atoms with Gasteiger partial charge in [-0.3, -0.25) is 9.59 Å². The van der Waals surface area contributed by atoms with Gasteiger partial charge in [0.05, 0.1) is 5.41 Å². The van der Waals surface area contributed by atoms with Gasteiger partial charge in [0.1, 0.15) is 5.82 Å². The molecule has 0 atom stereocenters. The molecule has 3 rings (SSSR count). The molecule has 0 unspecified atom stereocenters. The average Bonchev–Trinajstić information content (AvgIpc) is 2.60. The predicted molar refractivity (Wildman–Crippen MR) is 97.8 cm³/mol. The number of carbonyl (C=O) groups excluding carboxylic acids is 2. The van der Waals surface area contributed by atoms with Crippen molar-refractivity contribution >= 4 is 11.8 Å². The first-order valence-corrected chi connectivity index (χ1v) is 8.95. The molecule has 5 heteroatoms. The van der Waals surface area contributed by atoms with Crippen molar-refractivity contribution in [2.75, 3.05) is 6.54 Å². The Labute approximate surface area is 152 Å². The zero-order valence-electron chi connectivity index (χ0n) is 14.6. The molecule has 136 valence electrons. The molecule has 0 saturated heterocycles. The van der Waals surface area contributed by atoms with Crippen LogP contribution < -0.4 is 10.6 Å². The number of carbonyl (C=O) groups is 2. The first-order valence-electron chi connectivity index (χ1n) is 8.95. The van der Waals surface area contributed by atoms with Crippen LogP contribution in [0, 0.1) is 5.82 Å². The highest BCUT2D eigenvalue weighted by Gasteiger charge is 2.45. The molecular weight excluding hydrogens is 331 g/mol. The molecule has 0 heterocycles. The lowest BCUT2D eigenvalue weighted by Gasteiger charge is -2.40. The summed E-state index contributed by atoms with van der Waals surface area (Å²) < 4.78 is 13.5. The lowest BCUT2D eigenvalue weighted by Crippen LogP contribution is -2.49. The van der Waals surface area contributed by atoms with E-state index in [1.165, 1.54) is 12.1 Å². The molecule has 26 heavy (non-hydrogen) atoms. The second-order valence-corrected chi connectivity index (χ2v) is 6.71. The summed E-state index contributed by atoms with van der Waals surface area (Å²) in [5, 5.41) is 5.69. The summed E-state index contributed by atoms with van der Waals surface area (Å²) in [5.74, 6) is -0.561. The Balaban J connectivity index is 1.48. The van der Waals surface area contributed by atoms with Crippen LogP contribution in [0.1, 0.15) is 36.8 Å². The molecular formula is C21H23FN2O2. The standard InChI is InChI=1S/C21H23FN2O2/c22-18-9-4-8-17(14-18)21(11-5-12-21)20(26)23-13-10-19(25)24-15-16-6-2-1-3-7-16/h1-4,6-9,14H,5,10-13,15H2,(H,23,26)(H,24,25). The molecule has 2 aromatic rings. The minimum Gasteiger partial charge on any atom is -0.355 e. The first-order chi connectivity index (χ1) is 12.6. The van der Waals surface area contributed by atoms with Crippen LogP contribution in [0.2, 0.25) is 0 Å². The third-order valence-electron chi connectivity index (χ3n) is 4.99. The molecule has 0 aliphatic heterocycles. The van der Waals surface area contributed by atoms with E-state index in [0.29, 0.717) is 19.4 Å². The van der Waals surface area contributed by atoms with Gasteiger partial charge < -0.3 is 10.6 Å². The van der Waals surface area contributed by atoms with E-state index in [1.54, 1.807) is 12.1 Å². The Kier molecular flexibility index (Phi) is 5.66. The van der Waals surface area contributed by atoms with Gasteiger partial charge in [0, 0.05) is 19.5 Å². The van der Waals surface area contributed by atoms with Crippen molar-refractivity contribution in [1.82, 2.24) is 10.6 Å². The molecule has 0 spiro atoms. The third-order valence-corrected chi connectivity index (χ3v) is 4.99. The molecule has 4 nitrogen and oxygen atoms in total. The van der Waals surface area contributed by atoms with E-state index >= 15 is 0 Å². The minimum absolute atomic E-state index is 0.109. The van der Waals surface area contributed by atoms with E-state index in [4.69, 9.17) is 0 Å². The summed E-state index contributed by atoms with van der Waals surface area (Å²) in [6.07, 6.45) is 2.59. The SMILES string of the molecule is O=C(CCNC(=O)C1(c2cccc(F)c2)CCC1)NCc1ccccc1. The second kappa shape index (κ2) is 8.13. The maximum atomic E-state index is 13.5. The lowest BCUT2D eigenvalue weighted by atomic mass is 9.64. The molecule has 0 bridgehead atoms. The van der Waals surface area contributed by atoms with Gasteiger partial charge >= 0.3 is 0 Å². The van der Waals surface area contributed by atoms with Crippen LogP contribution in [-0.4, -0.2) is 18.4 Å². The Morgan fingerprint density at radius 2 is 1.77 bits per heavy atom. The van der Waals surface area contributed by atoms with E-state index in [0.717, 1.165) is 17.5 Å². The van der Waals surface area contributed by atoms with Crippen molar-refractivity contribution in [2.45, 2.75) is 37.6 Å². The predicted octanol–water partition coefficient (Wildman–Crippen LogP) is 3.07. The third kappa shape index (κ3) is 4.10. The van der Waals surface area contributed by atoms with Crippen molar-refractivity contribution in [1.29, 1.82) is 0 Å². The Morgan fingerprint density at radius 3 is 2.42 bits per heavy atom. The van der Waals surface area contributed by atoms with E-state index < -0.39 is 5.41 Å². The fourth-order valence-electron chi connectivity index (χ4n) is 3.31. The molecule has 0 radical (unpaired) electrons. The largest absolute Gasteiger partial charge is 0.355 e. The van der Waals surface area contributed by atoms with Gasteiger partial charge in [-0.15, -0.1) is 0 Å². The normalized spacial score (nSPS) is 15.0.